The van der Waals surface area contributed by atoms with Crippen LogP contribution >= 0.6 is 0 Å². The van der Waals surface area contributed by atoms with Gasteiger partial charge in [0, 0.05) is 18.1 Å². The zero-order chi connectivity index (χ0) is 15.0. The van der Waals surface area contributed by atoms with E-state index in [1.807, 2.05) is 19.2 Å². The lowest BCUT2D eigenvalue weighted by Gasteiger charge is -2.08. The molecule has 104 valence electrons. The van der Waals surface area contributed by atoms with E-state index in [-0.39, 0.29) is 0 Å². The van der Waals surface area contributed by atoms with Crippen molar-refractivity contribution < 1.29 is 0 Å². The highest BCUT2D eigenvalue weighted by atomic mass is 15.0. The molecular weight excluding hydrogens is 258 g/mol. The fraction of sp³-hybridized carbons (Fsp3) is 0.222. The van der Waals surface area contributed by atoms with E-state index < -0.39 is 0 Å². The Labute approximate surface area is 124 Å². The predicted molar refractivity (Wildman–Crippen MR) is 85.0 cm³/mol. The third-order valence-corrected chi connectivity index (χ3v) is 3.79. The lowest BCUT2D eigenvalue weighted by atomic mass is 10.0. The molecule has 2 aromatic heterocycles. The van der Waals surface area contributed by atoms with E-state index in [1.54, 1.807) is 0 Å². The number of aryl methyl sites for hydroxylation is 3. The van der Waals surface area contributed by atoms with Gasteiger partial charge < -0.3 is 4.57 Å². The fourth-order valence-electron chi connectivity index (χ4n) is 2.76. The van der Waals surface area contributed by atoms with E-state index in [9.17, 15) is 5.26 Å². The minimum atomic E-state index is 0.715. The second-order valence-electron chi connectivity index (χ2n) is 5.33. The average Bonchev–Trinajstić information content (AvgIpc) is 2.80. The van der Waals surface area contributed by atoms with E-state index in [2.05, 4.69) is 53.7 Å². The second-order valence-corrected chi connectivity index (χ2v) is 5.33. The molecule has 3 heteroatoms. The van der Waals surface area contributed by atoms with Crippen molar-refractivity contribution in [2.45, 2.75) is 27.3 Å². The molecule has 3 rings (SSSR count). The van der Waals surface area contributed by atoms with Crippen LogP contribution in [0.4, 0.5) is 0 Å². The molecule has 0 unspecified atom stereocenters. The maximum Gasteiger partial charge on any atom is 0.141 e. The molecular formula is C18H17N3. The van der Waals surface area contributed by atoms with E-state index >= 15 is 0 Å². The average molecular weight is 275 g/mol. The van der Waals surface area contributed by atoms with Crippen molar-refractivity contribution >= 4 is 11.0 Å². The zero-order valence-corrected chi connectivity index (χ0v) is 12.5. The van der Waals surface area contributed by atoms with Crippen molar-refractivity contribution in [1.29, 1.82) is 5.26 Å². The van der Waals surface area contributed by atoms with E-state index in [1.165, 1.54) is 5.56 Å². The summed E-state index contributed by atoms with van der Waals surface area (Å²) in [5.41, 5.74) is 5.91. The van der Waals surface area contributed by atoms with Gasteiger partial charge in [-0.3, -0.25) is 0 Å². The molecule has 0 atom stereocenters. The number of benzene rings is 1. The monoisotopic (exact) mass is 275 g/mol. The lowest BCUT2D eigenvalue weighted by molar-refractivity contribution is 0.794. The predicted octanol–water partition coefficient (Wildman–Crippen LogP) is 4.21. The standard InChI is InChI=1S/C18H17N3/c1-4-21-17(14-7-5-12(2)6-8-14)16(10-19)15-9-13(3)11-20-18(15)21/h5-9,11H,4H2,1-3H3. The molecule has 0 fully saturated rings. The summed E-state index contributed by atoms with van der Waals surface area (Å²) in [7, 11) is 0. The fourth-order valence-corrected chi connectivity index (χ4v) is 2.76. The lowest BCUT2D eigenvalue weighted by Crippen LogP contribution is -1.98. The van der Waals surface area contributed by atoms with Gasteiger partial charge in [-0.15, -0.1) is 0 Å². The molecule has 0 amide bonds. The smallest absolute Gasteiger partial charge is 0.141 e. The number of hydrogen-bond acceptors (Lipinski definition) is 2. The van der Waals surface area contributed by atoms with Gasteiger partial charge in [0.25, 0.3) is 0 Å². The van der Waals surface area contributed by atoms with Gasteiger partial charge in [0.05, 0.1) is 11.3 Å². The first-order chi connectivity index (χ1) is 10.2. The highest BCUT2D eigenvalue weighted by molar-refractivity contribution is 5.92. The minimum Gasteiger partial charge on any atom is -0.324 e. The summed E-state index contributed by atoms with van der Waals surface area (Å²) in [6.07, 6.45) is 1.86. The van der Waals surface area contributed by atoms with Crippen molar-refractivity contribution in [3.05, 3.63) is 53.2 Å². The molecule has 0 spiro atoms. The molecule has 0 bridgehead atoms. The van der Waals surface area contributed by atoms with Gasteiger partial charge in [-0.05, 0) is 38.0 Å². The van der Waals surface area contributed by atoms with Crippen LogP contribution in [0.2, 0.25) is 0 Å². The van der Waals surface area contributed by atoms with Crippen LogP contribution in [0.1, 0.15) is 23.6 Å². The Hall–Kier alpha value is -2.60. The summed E-state index contributed by atoms with van der Waals surface area (Å²) in [5.74, 6) is 0. The van der Waals surface area contributed by atoms with Crippen LogP contribution in [0.3, 0.4) is 0 Å². The highest BCUT2D eigenvalue weighted by Gasteiger charge is 2.18. The van der Waals surface area contributed by atoms with Crippen LogP contribution in [0.25, 0.3) is 22.3 Å². The van der Waals surface area contributed by atoms with Crippen LogP contribution in [-0.4, -0.2) is 9.55 Å². The summed E-state index contributed by atoms with van der Waals surface area (Å²) in [6.45, 7) is 6.94. The summed E-state index contributed by atoms with van der Waals surface area (Å²) >= 11 is 0. The molecule has 0 aliphatic heterocycles. The molecule has 3 aromatic rings. The molecule has 0 aliphatic carbocycles. The molecule has 0 N–H and O–H groups in total. The molecule has 0 saturated carbocycles. The molecule has 21 heavy (non-hydrogen) atoms. The SMILES string of the molecule is CCn1c(-c2ccc(C)cc2)c(C#N)c2cc(C)cnc21. The summed E-state index contributed by atoms with van der Waals surface area (Å²) in [5, 5.41) is 10.6. The van der Waals surface area contributed by atoms with Crippen molar-refractivity contribution in [3.8, 4) is 17.3 Å². The summed E-state index contributed by atoms with van der Waals surface area (Å²) in [4.78, 5) is 4.54. The molecule has 0 radical (unpaired) electrons. The Balaban J connectivity index is 2.40. The Kier molecular flexibility index (Phi) is 3.23. The number of fused-ring (bicyclic) bond motifs is 1. The first-order valence-corrected chi connectivity index (χ1v) is 7.11. The Morgan fingerprint density at radius 1 is 1.14 bits per heavy atom. The maximum absolute atomic E-state index is 9.64. The number of hydrogen-bond donors (Lipinski definition) is 0. The zero-order valence-electron chi connectivity index (χ0n) is 12.5. The largest absolute Gasteiger partial charge is 0.324 e. The van der Waals surface area contributed by atoms with Gasteiger partial charge in [-0.1, -0.05) is 29.8 Å². The number of aromatic nitrogens is 2. The van der Waals surface area contributed by atoms with Crippen LogP contribution in [0.5, 0.6) is 0 Å². The van der Waals surface area contributed by atoms with Gasteiger partial charge in [0.1, 0.15) is 11.7 Å². The highest BCUT2D eigenvalue weighted by Crippen LogP contribution is 2.33. The van der Waals surface area contributed by atoms with E-state index in [4.69, 9.17) is 0 Å². The minimum absolute atomic E-state index is 0.715. The number of pyridine rings is 1. The maximum atomic E-state index is 9.64. The van der Waals surface area contributed by atoms with Gasteiger partial charge in [-0.2, -0.15) is 5.26 Å². The molecule has 1 aromatic carbocycles. The number of nitrogens with zero attached hydrogens (tertiary/aromatic N) is 3. The van der Waals surface area contributed by atoms with E-state index in [0.29, 0.717) is 5.56 Å². The number of nitriles is 1. The first kappa shape index (κ1) is 13.4. The summed E-state index contributed by atoms with van der Waals surface area (Å²) < 4.78 is 2.12. The van der Waals surface area contributed by atoms with Crippen LogP contribution in [0, 0.1) is 25.2 Å². The van der Waals surface area contributed by atoms with E-state index in [0.717, 1.165) is 34.4 Å². The molecule has 2 heterocycles. The second kappa shape index (κ2) is 5.06. The van der Waals surface area contributed by atoms with Crippen LogP contribution in [-0.2, 0) is 6.54 Å². The third-order valence-electron chi connectivity index (χ3n) is 3.79. The van der Waals surface area contributed by atoms with Gasteiger partial charge in [0.2, 0.25) is 0 Å². The Morgan fingerprint density at radius 2 is 1.86 bits per heavy atom. The topological polar surface area (TPSA) is 41.6 Å². The number of rotatable bonds is 2. The Bertz CT molecular complexity index is 849. The molecule has 0 saturated heterocycles. The van der Waals surface area contributed by atoms with Crippen LogP contribution < -0.4 is 0 Å². The van der Waals surface area contributed by atoms with Crippen molar-refractivity contribution in [1.82, 2.24) is 9.55 Å². The van der Waals surface area contributed by atoms with Gasteiger partial charge >= 0.3 is 0 Å². The molecule has 0 aliphatic rings. The van der Waals surface area contributed by atoms with Gasteiger partial charge in [-0.25, -0.2) is 4.98 Å². The van der Waals surface area contributed by atoms with Gasteiger partial charge in [0.15, 0.2) is 0 Å². The van der Waals surface area contributed by atoms with Crippen molar-refractivity contribution in [2.75, 3.05) is 0 Å². The first-order valence-electron chi connectivity index (χ1n) is 7.11. The summed E-state index contributed by atoms with van der Waals surface area (Å²) in [6, 6.07) is 12.7. The van der Waals surface area contributed by atoms with Crippen molar-refractivity contribution in [2.24, 2.45) is 0 Å². The van der Waals surface area contributed by atoms with Crippen molar-refractivity contribution in [3.63, 3.8) is 0 Å². The Morgan fingerprint density at radius 3 is 2.48 bits per heavy atom. The molecule has 3 nitrogen and oxygen atoms in total. The normalized spacial score (nSPS) is 10.8. The van der Waals surface area contributed by atoms with Crippen LogP contribution in [0.15, 0.2) is 36.5 Å². The third kappa shape index (κ3) is 2.09. The quantitative estimate of drug-likeness (QED) is 0.703.